The number of hydrogen-bond donors (Lipinski definition) is 4. The lowest BCUT2D eigenvalue weighted by Gasteiger charge is -2.20. The Morgan fingerprint density at radius 1 is 0.534 bits per heavy atom. The first-order valence-electron chi connectivity index (χ1n) is 21.6. The van der Waals surface area contributed by atoms with Crippen molar-refractivity contribution in [1.29, 1.82) is 0 Å². The Kier molecular flexibility index (Phi) is 36.7. The Morgan fingerprint density at radius 3 is 1.59 bits per heavy atom. The average Bonchev–Trinajstić information content (AvgIpc) is 3.17. The molecular formula is C42H76O14P2. The highest BCUT2D eigenvalue weighted by atomic mass is 31.2. The number of unbranched alkanes of at least 4 members (excludes halogenated alkanes) is 18. The standard InChI is InChI=1S/C42H76O14P2/c1-3-5-7-8-9-10-11-12-13-14-15-18-21-24-28-32-41(45)52-36-40(37-55-58(50,51)54-35-39(44)34-53-57(47,48)49)56-42(46)33-29-25-22-19-16-17-20-23-27-31-38(43)30-26-6-4-2/h10-11,20,23,27,31,39-40,44H,3-9,12-19,21-22,24-26,28-30,32-37H2,1-2H3,(H,50,51)(H2,47,48,49)/b11-10-,23-20-,31-27+/t39-,40+/m0/s1. The molecule has 0 saturated carbocycles. The summed E-state index contributed by atoms with van der Waals surface area (Å²) in [6.45, 7) is 1.54. The normalized spacial score (nSPS) is 14.3. The maximum atomic E-state index is 12.6. The largest absolute Gasteiger partial charge is 0.472 e. The molecule has 4 N–H and O–H groups in total. The second kappa shape index (κ2) is 38.0. The maximum Gasteiger partial charge on any atom is 0.472 e. The lowest BCUT2D eigenvalue weighted by atomic mass is 10.1. The minimum atomic E-state index is -4.87. The van der Waals surface area contributed by atoms with Gasteiger partial charge in [0.2, 0.25) is 0 Å². The SMILES string of the molecule is CCCCCC/C=C\CCCCCCCCCC(=O)OC[C@H](COP(=O)(O)OC[C@@H](O)COP(=O)(O)O)OC(=O)CCCCCCC/C=C\C=C\C(=O)CCCCC. The Morgan fingerprint density at radius 2 is 1.00 bits per heavy atom. The van der Waals surface area contributed by atoms with Gasteiger partial charge in [0.25, 0.3) is 0 Å². The first-order chi connectivity index (χ1) is 27.8. The summed E-state index contributed by atoms with van der Waals surface area (Å²) < 4.78 is 47.7. The van der Waals surface area contributed by atoms with Gasteiger partial charge in [0, 0.05) is 19.3 Å². The molecule has 0 heterocycles. The van der Waals surface area contributed by atoms with E-state index in [1.165, 1.54) is 44.9 Å². The second-order valence-electron chi connectivity index (χ2n) is 14.6. The number of ketones is 1. The molecule has 0 saturated heterocycles. The third-order valence-electron chi connectivity index (χ3n) is 8.97. The van der Waals surface area contributed by atoms with Crippen molar-refractivity contribution in [2.45, 2.75) is 187 Å². The Labute approximate surface area is 348 Å². The van der Waals surface area contributed by atoms with Crippen LogP contribution in [0.5, 0.6) is 0 Å². The quantitative estimate of drug-likeness (QED) is 0.0112. The van der Waals surface area contributed by atoms with E-state index in [0.29, 0.717) is 19.3 Å². The van der Waals surface area contributed by atoms with Crippen molar-refractivity contribution in [3.8, 4) is 0 Å². The van der Waals surface area contributed by atoms with Gasteiger partial charge in [0.1, 0.15) is 12.7 Å². The molecule has 16 heteroatoms. The molecule has 338 valence electrons. The average molecular weight is 867 g/mol. The van der Waals surface area contributed by atoms with Crippen molar-refractivity contribution in [2.75, 3.05) is 26.4 Å². The summed E-state index contributed by atoms with van der Waals surface area (Å²) in [6, 6.07) is 0. The fourth-order valence-electron chi connectivity index (χ4n) is 5.62. The van der Waals surface area contributed by atoms with Crippen LogP contribution in [-0.4, -0.2) is 76.1 Å². The van der Waals surface area contributed by atoms with E-state index in [0.717, 1.165) is 83.5 Å². The zero-order valence-corrected chi connectivity index (χ0v) is 37.2. The van der Waals surface area contributed by atoms with Gasteiger partial charge in [-0.25, -0.2) is 9.13 Å². The van der Waals surface area contributed by atoms with E-state index in [4.69, 9.17) is 23.8 Å². The van der Waals surface area contributed by atoms with Gasteiger partial charge in [-0.05, 0) is 63.9 Å². The van der Waals surface area contributed by atoms with E-state index < -0.39 is 66.2 Å². The van der Waals surface area contributed by atoms with Gasteiger partial charge >= 0.3 is 27.6 Å². The zero-order valence-electron chi connectivity index (χ0n) is 35.4. The number of phosphoric acid groups is 2. The van der Waals surface area contributed by atoms with Crippen LogP contribution >= 0.6 is 15.6 Å². The van der Waals surface area contributed by atoms with Crippen LogP contribution in [0.3, 0.4) is 0 Å². The number of carbonyl (C=O) groups is 3. The number of aliphatic hydroxyl groups is 1. The number of phosphoric ester groups is 2. The van der Waals surface area contributed by atoms with Gasteiger partial charge < -0.3 is 29.3 Å². The zero-order chi connectivity index (χ0) is 43.2. The van der Waals surface area contributed by atoms with E-state index in [1.807, 2.05) is 12.2 Å². The summed E-state index contributed by atoms with van der Waals surface area (Å²) in [4.78, 5) is 64.4. The highest BCUT2D eigenvalue weighted by molar-refractivity contribution is 7.47. The van der Waals surface area contributed by atoms with Crippen molar-refractivity contribution in [1.82, 2.24) is 0 Å². The molecule has 3 atom stereocenters. The van der Waals surface area contributed by atoms with Crippen LogP contribution in [-0.2, 0) is 46.6 Å². The molecule has 0 radical (unpaired) electrons. The third kappa shape index (κ3) is 40.8. The molecule has 0 aromatic rings. The van der Waals surface area contributed by atoms with Gasteiger partial charge in [-0.2, -0.15) is 0 Å². The summed E-state index contributed by atoms with van der Waals surface area (Å²) in [7, 11) is -9.70. The summed E-state index contributed by atoms with van der Waals surface area (Å²) in [6.07, 6.45) is 32.6. The summed E-state index contributed by atoms with van der Waals surface area (Å²) >= 11 is 0. The molecule has 0 aliphatic rings. The van der Waals surface area contributed by atoms with E-state index >= 15 is 0 Å². The molecule has 0 aromatic carbocycles. The fraction of sp³-hybridized carbons (Fsp3) is 0.786. The van der Waals surface area contributed by atoms with Crippen molar-refractivity contribution < 1.29 is 66.3 Å². The third-order valence-corrected chi connectivity index (χ3v) is 10.4. The maximum absolute atomic E-state index is 12.6. The summed E-state index contributed by atoms with van der Waals surface area (Å²) in [5.41, 5.74) is 0. The lowest BCUT2D eigenvalue weighted by molar-refractivity contribution is -0.161. The van der Waals surface area contributed by atoms with E-state index in [-0.39, 0.29) is 18.6 Å². The van der Waals surface area contributed by atoms with Crippen molar-refractivity contribution in [3.05, 3.63) is 36.5 Å². The molecule has 0 rings (SSSR count). The molecule has 58 heavy (non-hydrogen) atoms. The predicted octanol–water partition coefficient (Wildman–Crippen LogP) is 10.1. The van der Waals surface area contributed by atoms with Crippen LogP contribution in [0, 0.1) is 0 Å². The smallest absolute Gasteiger partial charge is 0.462 e. The number of aliphatic hydroxyl groups excluding tert-OH is 1. The van der Waals surface area contributed by atoms with Crippen LogP contribution in [0.25, 0.3) is 0 Å². The second-order valence-corrected chi connectivity index (χ2v) is 17.3. The molecule has 0 fully saturated rings. The first kappa shape index (κ1) is 56.0. The van der Waals surface area contributed by atoms with E-state index in [9.17, 15) is 33.5 Å². The molecule has 0 aromatic heterocycles. The van der Waals surface area contributed by atoms with Crippen LogP contribution in [0.1, 0.15) is 174 Å². The molecule has 0 aliphatic carbocycles. The van der Waals surface area contributed by atoms with E-state index in [1.54, 1.807) is 12.2 Å². The topological polar surface area (TPSA) is 212 Å². The number of ether oxygens (including phenoxy) is 2. The van der Waals surface area contributed by atoms with Gasteiger partial charge in [-0.15, -0.1) is 0 Å². The number of allylic oxidation sites excluding steroid dienone is 6. The van der Waals surface area contributed by atoms with Crippen molar-refractivity contribution in [3.63, 3.8) is 0 Å². The number of rotatable bonds is 41. The van der Waals surface area contributed by atoms with E-state index in [2.05, 4.69) is 35.0 Å². The van der Waals surface area contributed by atoms with Gasteiger partial charge in [-0.3, -0.25) is 28.0 Å². The summed E-state index contributed by atoms with van der Waals surface area (Å²) in [5, 5.41) is 9.74. The lowest BCUT2D eigenvalue weighted by Crippen LogP contribution is -2.30. The minimum absolute atomic E-state index is 0.0797. The predicted molar refractivity (Wildman–Crippen MR) is 226 cm³/mol. The molecule has 1 unspecified atom stereocenters. The van der Waals surface area contributed by atoms with Crippen LogP contribution in [0.4, 0.5) is 0 Å². The molecule has 0 bridgehead atoms. The number of hydrogen-bond acceptors (Lipinski definition) is 11. The molecule has 14 nitrogen and oxygen atoms in total. The summed E-state index contributed by atoms with van der Waals surface area (Å²) in [5.74, 6) is -0.952. The molecule has 0 aliphatic heterocycles. The highest BCUT2D eigenvalue weighted by Gasteiger charge is 2.28. The Bertz CT molecular complexity index is 1230. The van der Waals surface area contributed by atoms with Crippen molar-refractivity contribution >= 4 is 33.4 Å². The molecule has 0 spiro atoms. The van der Waals surface area contributed by atoms with Gasteiger partial charge in [-0.1, -0.05) is 128 Å². The minimum Gasteiger partial charge on any atom is -0.462 e. The van der Waals surface area contributed by atoms with Gasteiger partial charge in [0.05, 0.1) is 19.8 Å². The molecular weight excluding hydrogens is 790 g/mol. The van der Waals surface area contributed by atoms with Crippen molar-refractivity contribution in [2.24, 2.45) is 0 Å². The van der Waals surface area contributed by atoms with Crippen LogP contribution < -0.4 is 0 Å². The highest BCUT2D eigenvalue weighted by Crippen LogP contribution is 2.43. The number of carbonyl (C=O) groups excluding carboxylic acids is 3. The molecule has 0 amide bonds. The first-order valence-corrected chi connectivity index (χ1v) is 24.7. The van der Waals surface area contributed by atoms with Crippen LogP contribution in [0.15, 0.2) is 36.5 Å². The fourth-order valence-corrected chi connectivity index (χ4v) is 6.77. The monoisotopic (exact) mass is 866 g/mol. The van der Waals surface area contributed by atoms with Gasteiger partial charge in [0.15, 0.2) is 11.9 Å². The Hall–Kier alpha value is -1.99. The Balaban J connectivity index is 4.59. The number of esters is 2. The van der Waals surface area contributed by atoms with Crippen LogP contribution in [0.2, 0.25) is 0 Å².